The Morgan fingerprint density at radius 1 is 1.46 bits per heavy atom. The van der Waals surface area contributed by atoms with Crippen molar-refractivity contribution in [3.05, 3.63) is 0 Å². The molecule has 0 unspecified atom stereocenters. The maximum atomic E-state index is 11.3. The van der Waals surface area contributed by atoms with Crippen molar-refractivity contribution in [2.75, 3.05) is 20.8 Å². The van der Waals surface area contributed by atoms with Crippen LogP contribution in [0.25, 0.3) is 0 Å². The van der Waals surface area contributed by atoms with Gasteiger partial charge in [-0.1, -0.05) is 0 Å². The fourth-order valence-corrected chi connectivity index (χ4v) is 0.667. The smallest absolute Gasteiger partial charge is 0.239 e. The topological polar surface area (TPSA) is 73.6 Å². The van der Waals surface area contributed by atoms with Gasteiger partial charge in [0.25, 0.3) is 0 Å². The van der Waals surface area contributed by atoms with Crippen molar-refractivity contribution in [1.82, 2.24) is 5.32 Å². The number of nitrogens with two attached hydrogens (primary N) is 1. The molecule has 0 bridgehead atoms. The van der Waals surface area contributed by atoms with Crippen LogP contribution in [0.5, 0.6) is 0 Å². The first-order valence-corrected chi connectivity index (χ1v) is 4.04. The number of rotatable bonds is 5. The van der Waals surface area contributed by atoms with Crippen LogP contribution < -0.4 is 11.1 Å². The molecule has 0 spiro atoms. The lowest BCUT2D eigenvalue weighted by Crippen LogP contribution is -2.51. The number of methoxy groups -OCH3 is 2. The van der Waals surface area contributed by atoms with Gasteiger partial charge in [0.2, 0.25) is 5.91 Å². The van der Waals surface area contributed by atoms with Gasteiger partial charge in [0.05, 0.1) is 12.1 Å². The molecule has 5 heteroatoms. The zero-order valence-corrected chi connectivity index (χ0v) is 8.59. The zero-order chi connectivity index (χ0) is 10.5. The maximum Gasteiger partial charge on any atom is 0.239 e. The summed E-state index contributed by atoms with van der Waals surface area (Å²) in [7, 11) is 3.02. The molecule has 3 N–H and O–H groups in total. The Kier molecular flexibility index (Phi) is 4.90. The van der Waals surface area contributed by atoms with Gasteiger partial charge in [0.15, 0.2) is 6.29 Å². The van der Waals surface area contributed by atoms with Gasteiger partial charge in [-0.15, -0.1) is 0 Å². The van der Waals surface area contributed by atoms with Crippen molar-refractivity contribution >= 4 is 5.91 Å². The van der Waals surface area contributed by atoms with Gasteiger partial charge in [-0.2, -0.15) is 0 Å². The van der Waals surface area contributed by atoms with Crippen LogP contribution in [0, 0.1) is 0 Å². The minimum Gasteiger partial charge on any atom is -0.354 e. The second-order valence-corrected chi connectivity index (χ2v) is 3.33. The molecule has 0 radical (unpaired) electrons. The van der Waals surface area contributed by atoms with Crippen molar-refractivity contribution < 1.29 is 14.3 Å². The third-order valence-corrected chi connectivity index (χ3v) is 1.54. The van der Waals surface area contributed by atoms with E-state index in [2.05, 4.69) is 5.32 Å². The Hall–Kier alpha value is -0.650. The normalized spacial score (nSPS) is 11.8. The van der Waals surface area contributed by atoms with E-state index in [1.165, 1.54) is 14.2 Å². The summed E-state index contributed by atoms with van der Waals surface area (Å²) in [6.07, 6.45) is -0.425. The van der Waals surface area contributed by atoms with E-state index < -0.39 is 11.8 Å². The molecule has 78 valence electrons. The van der Waals surface area contributed by atoms with Crippen LogP contribution >= 0.6 is 0 Å². The third kappa shape index (κ3) is 4.82. The molecule has 0 saturated heterocycles. The number of hydrogen-bond donors (Lipinski definition) is 2. The van der Waals surface area contributed by atoms with Crippen LogP contribution in [0.3, 0.4) is 0 Å². The zero-order valence-electron chi connectivity index (χ0n) is 8.59. The van der Waals surface area contributed by atoms with Crippen molar-refractivity contribution in [1.29, 1.82) is 0 Å². The lowest BCUT2D eigenvalue weighted by molar-refractivity contribution is -0.131. The van der Waals surface area contributed by atoms with Crippen LogP contribution in [0.1, 0.15) is 13.8 Å². The summed E-state index contributed by atoms with van der Waals surface area (Å²) in [4.78, 5) is 11.3. The molecule has 0 aromatic carbocycles. The summed E-state index contributed by atoms with van der Waals surface area (Å²) in [6, 6.07) is 0. The van der Waals surface area contributed by atoms with Crippen molar-refractivity contribution in [2.45, 2.75) is 25.7 Å². The second-order valence-electron chi connectivity index (χ2n) is 3.33. The molecule has 13 heavy (non-hydrogen) atoms. The first-order chi connectivity index (χ1) is 5.91. The number of nitrogens with one attached hydrogen (secondary N) is 1. The molecule has 0 aliphatic rings. The number of carbonyl (C=O) groups excluding carboxylic acids is 1. The molecule has 0 fully saturated rings. The summed E-state index contributed by atoms with van der Waals surface area (Å²) in [5, 5.41) is 2.61. The first kappa shape index (κ1) is 12.3. The average molecular weight is 190 g/mol. The van der Waals surface area contributed by atoms with Crippen LogP contribution in [0.4, 0.5) is 0 Å². The van der Waals surface area contributed by atoms with E-state index in [1.807, 2.05) is 0 Å². The van der Waals surface area contributed by atoms with E-state index >= 15 is 0 Å². The van der Waals surface area contributed by atoms with E-state index in [4.69, 9.17) is 15.2 Å². The standard InChI is InChI=1S/C8H18N2O3/c1-8(2,9)7(11)10-5-6(12-3)13-4/h6H,5,9H2,1-4H3,(H,10,11). The number of ether oxygens (including phenoxy) is 2. The molecule has 0 heterocycles. The van der Waals surface area contributed by atoms with Gasteiger partial charge >= 0.3 is 0 Å². The summed E-state index contributed by atoms with van der Waals surface area (Å²) in [5.74, 6) is -0.230. The Morgan fingerprint density at radius 2 is 1.92 bits per heavy atom. The molecule has 0 rings (SSSR count). The maximum absolute atomic E-state index is 11.3. The second kappa shape index (κ2) is 5.16. The largest absolute Gasteiger partial charge is 0.354 e. The van der Waals surface area contributed by atoms with Crippen molar-refractivity contribution in [3.63, 3.8) is 0 Å². The van der Waals surface area contributed by atoms with E-state index in [1.54, 1.807) is 13.8 Å². The number of amides is 1. The SMILES string of the molecule is COC(CNC(=O)C(C)(C)N)OC. The molecule has 0 atom stereocenters. The highest BCUT2D eigenvalue weighted by Crippen LogP contribution is 1.96. The highest BCUT2D eigenvalue weighted by molar-refractivity contribution is 5.84. The number of hydrogen-bond acceptors (Lipinski definition) is 4. The lowest BCUT2D eigenvalue weighted by Gasteiger charge is -2.20. The lowest BCUT2D eigenvalue weighted by atomic mass is 10.1. The van der Waals surface area contributed by atoms with Crippen LogP contribution in [-0.4, -0.2) is 38.5 Å². The van der Waals surface area contributed by atoms with Crippen LogP contribution in [-0.2, 0) is 14.3 Å². The minimum absolute atomic E-state index is 0.230. The molecule has 0 aliphatic heterocycles. The highest BCUT2D eigenvalue weighted by Gasteiger charge is 2.22. The summed E-state index contributed by atoms with van der Waals surface area (Å²) < 4.78 is 9.77. The van der Waals surface area contributed by atoms with Gasteiger partial charge < -0.3 is 20.5 Å². The third-order valence-electron chi connectivity index (χ3n) is 1.54. The van der Waals surface area contributed by atoms with Gasteiger partial charge in [-0.3, -0.25) is 4.79 Å². The predicted octanol–water partition coefficient (Wildman–Crippen LogP) is -0.541. The van der Waals surface area contributed by atoms with Gasteiger partial charge in [0.1, 0.15) is 0 Å². The Balaban J connectivity index is 3.82. The molecule has 0 aromatic heterocycles. The highest BCUT2D eigenvalue weighted by atomic mass is 16.7. The molecular formula is C8H18N2O3. The first-order valence-electron chi connectivity index (χ1n) is 4.04. The average Bonchev–Trinajstić information content (AvgIpc) is 2.04. The summed E-state index contributed by atoms with van der Waals surface area (Å²) >= 11 is 0. The van der Waals surface area contributed by atoms with Crippen LogP contribution in [0.2, 0.25) is 0 Å². The van der Waals surface area contributed by atoms with E-state index in [0.29, 0.717) is 6.54 Å². The molecule has 0 aliphatic carbocycles. The fraction of sp³-hybridized carbons (Fsp3) is 0.875. The minimum atomic E-state index is -0.869. The van der Waals surface area contributed by atoms with Gasteiger partial charge in [-0.25, -0.2) is 0 Å². The fourth-order valence-electron chi connectivity index (χ4n) is 0.667. The molecule has 5 nitrogen and oxygen atoms in total. The van der Waals surface area contributed by atoms with E-state index in [0.717, 1.165) is 0 Å². The Morgan fingerprint density at radius 3 is 2.23 bits per heavy atom. The molecule has 0 saturated carbocycles. The summed E-state index contributed by atoms with van der Waals surface area (Å²) in [5.41, 5.74) is 4.69. The van der Waals surface area contributed by atoms with Gasteiger partial charge in [0, 0.05) is 14.2 Å². The number of carbonyl (C=O) groups is 1. The van der Waals surface area contributed by atoms with Crippen molar-refractivity contribution in [3.8, 4) is 0 Å². The molecule has 0 aromatic rings. The summed E-state index contributed by atoms with van der Waals surface area (Å²) in [6.45, 7) is 3.57. The predicted molar refractivity (Wildman–Crippen MR) is 49.1 cm³/mol. The van der Waals surface area contributed by atoms with Crippen molar-refractivity contribution in [2.24, 2.45) is 5.73 Å². The van der Waals surface area contributed by atoms with Gasteiger partial charge in [-0.05, 0) is 13.8 Å². The van der Waals surface area contributed by atoms with E-state index in [9.17, 15) is 4.79 Å². The Bertz CT molecular complexity index is 161. The quantitative estimate of drug-likeness (QED) is 0.571. The van der Waals surface area contributed by atoms with Crippen LogP contribution in [0.15, 0.2) is 0 Å². The van der Waals surface area contributed by atoms with E-state index in [-0.39, 0.29) is 5.91 Å². The monoisotopic (exact) mass is 190 g/mol. The molecule has 1 amide bonds. The molecular weight excluding hydrogens is 172 g/mol. The Labute approximate surface area is 78.6 Å².